The van der Waals surface area contributed by atoms with Crippen LogP contribution < -0.4 is 0 Å². The zero-order chi connectivity index (χ0) is 69.1. The zero-order valence-corrected chi connectivity index (χ0v) is 61.9. The third-order valence-corrected chi connectivity index (χ3v) is 18.2. The first-order chi connectivity index (χ1) is 45.5. The van der Waals surface area contributed by atoms with Crippen molar-refractivity contribution in [2.75, 3.05) is 39.6 Å². The lowest BCUT2D eigenvalue weighted by molar-refractivity contribution is -0.161. The van der Waals surface area contributed by atoms with Gasteiger partial charge in [0.15, 0.2) is 12.2 Å². The second-order valence-electron chi connectivity index (χ2n) is 26.1. The van der Waals surface area contributed by atoms with E-state index in [2.05, 4.69) is 83.2 Å². The molecule has 550 valence electrons. The summed E-state index contributed by atoms with van der Waals surface area (Å²) in [6.07, 6.45) is 61.4. The van der Waals surface area contributed by atoms with Gasteiger partial charge in [-0.3, -0.25) is 37.3 Å². The lowest BCUT2D eigenvalue weighted by atomic mass is 10.0. The minimum atomic E-state index is -4.97. The fraction of sp³-hybridized carbons (Fsp3) is 0.840. The number of aliphatic hydroxyl groups excluding tert-OH is 1. The fourth-order valence-corrected chi connectivity index (χ4v) is 12.0. The summed E-state index contributed by atoms with van der Waals surface area (Å²) < 4.78 is 68.4. The molecule has 0 saturated carbocycles. The van der Waals surface area contributed by atoms with Gasteiger partial charge >= 0.3 is 39.5 Å². The van der Waals surface area contributed by atoms with Crippen molar-refractivity contribution in [3.8, 4) is 0 Å². The summed E-state index contributed by atoms with van der Waals surface area (Å²) in [4.78, 5) is 72.7. The van der Waals surface area contributed by atoms with Crippen molar-refractivity contribution in [3.05, 3.63) is 48.6 Å². The van der Waals surface area contributed by atoms with Crippen LogP contribution in [0.1, 0.15) is 343 Å². The number of hydrogen-bond donors (Lipinski definition) is 3. The van der Waals surface area contributed by atoms with Crippen molar-refractivity contribution in [1.29, 1.82) is 0 Å². The predicted molar refractivity (Wildman–Crippen MR) is 381 cm³/mol. The Bertz CT molecular complexity index is 1990. The highest BCUT2D eigenvalue weighted by Crippen LogP contribution is 2.45. The topological polar surface area (TPSA) is 237 Å². The molecule has 0 aliphatic carbocycles. The zero-order valence-electron chi connectivity index (χ0n) is 60.1. The average Bonchev–Trinajstić information content (AvgIpc) is 1.39. The molecule has 0 saturated heterocycles. The number of allylic oxidation sites excluding steroid dienone is 8. The Morgan fingerprint density at radius 2 is 0.574 bits per heavy atom. The molecule has 0 aromatic heterocycles. The molecule has 0 aromatic carbocycles. The quantitative estimate of drug-likeness (QED) is 0.0169. The summed E-state index contributed by atoms with van der Waals surface area (Å²) in [5, 5.41) is 10.6. The number of carbonyl (C=O) groups is 4. The normalized spacial score (nSPS) is 14.3. The summed E-state index contributed by atoms with van der Waals surface area (Å²) in [6.45, 7) is 7.07. The van der Waals surface area contributed by atoms with E-state index in [0.29, 0.717) is 31.6 Å². The van der Waals surface area contributed by atoms with E-state index in [0.717, 1.165) is 128 Å². The minimum Gasteiger partial charge on any atom is -0.462 e. The van der Waals surface area contributed by atoms with E-state index in [1.54, 1.807) is 0 Å². The second kappa shape index (κ2) is 67.2. The monoisotopic (exact) mass is 1370 g/mol. The first-order valence-electron chi connectivity index (χ1n) is 37.8. The van der Waals surface area contributed by atoms with Crippen LogP contribution in [0.2, 0.25) is 0 Å². The highest BCUT2D eigenvalue weighted by atomic mass is 31.2. The van der Waals surface area contributed by atoms with Gasteiger partial charge in [-0.1, -0.05) is 289 Å². The number of rotatable bonds is 71. The number of hydrogen-bond acceptors (Lipinski definition) is 15. The van der Waals surface area contributed by atoms with Gasteiger partial charge in [-0.15, -0.1) is 0 Å². The van der Waals surface area contributed by atoms with Gasteiger partial charge < -0.3 is 33.8 Å². The number of ether oxygens (including phenoxy) is 4. The van der Waals surface area contributed by atoms with E-state index < -0.39 is 97.5 Å². The molecule has 0 spiro atoms. The van der Waals surface area contributed by atoms with E-state index in [1.807, 2.05) is 0 Å². The lowest BCUT2D eigenvalue weighted by Crippen LogP contribution is -2.30. The molecular formula is C75H138O17P2. The van der Waals surface area contributed by atoms with Crippen LogP contribution in [0.3, 0.4) is 0 Å². The molecule has 3 N–H and O–H groups in total. The molecule has 0 bridgehead atoms. The van der Waals surface area contributed by atoms with E-state index in [1.165, 1.54) is 128 Å². The Hall–Kier alpha value is -2.98. The number of phosphoric ester groups is 2. The number of unbranched alkanes of at least 4 members (excludes halogenated alkanes) is 37. The van der Waals surface area contributed by atoms with Gasteiger partial charge in [0.2, 0.25) is 0 Å². The molecule has 0 radical (unpaired) electrons. The predicted octanol–water partition coefficient (Wildman–Crippen LogP) is 21.2. The molecule has 5 atom stereocenters. The molecule has 0 aromatic rings. The summed E-state index contributed by atoms with van der Waals surface area (Å²) >= 11 is 0. The number of carbonyl (C=O) groups excluding carboxylic acids is 4. The molecule has 94 heavy (non-hydrogen) atoms. The SMILES string of the molecule is CCCCCC/C=C\C=C/CCCCCCCC(=O)OC[C@H](COP(=O)(O)OC[C@@H](O)COP(=O)(O)OC[C@@H](COC(=O)CCCCCCCCC(C)C)OC(=O)CCCCCCCCCCCCCCCCC)OC(=O)CCCCCCC/C=C\C=C/CCCCCC. The van der Waals surface area contributed by atoms with Crippen LogP contribution in [0, 0.1) is 5.92 Å². The van der Waals surface area contributed by atoms with Gasteiger partial charge in [0, 0.05) is 25.7 Å². The molecule has 17 nitrogen and oxygen atoms in total. The summed E-state index contributed by atoms with van der Waals surface area (Å²) in [7, 11) is -9.93. The Balaban J connectivity index is 5.31. The van der Waals surface area contributed by atoms with Crippen LogP contribution in [0.4, 0.5) is 0 Å². The fourth-order valence-electron chi connectivity index (χ4n) is 10.4. The third-order valence-electron chi connectivity index (χ3n) is 16.3. The summed E-state index contributed by atoms with van der Waals surface area (Å²) in [5.41, 5.74) is 0. The highest BCUT2D eigenvalue weighted by molar-refractivity contribution is 7.47. The number of aliphatic hydroxyl groups is 1. The van der Waals surface area contributed by atoms with Crippen LogP contribution in [0.15, 0.2) is 48.6 Å². The van der Waals surface area contributed by atoms with E-state index >= 15 is 0 Å². The largest absolute Gasteiger partial charge is 0.472 e. The molecule has 0 amide bonds. The van der Waals surface area contributed by atoms with Crippen molar-refractivity contribution in [3.63, 3.8) is 0 Å². The Labute approximate surface area is 572 Å². The summed E-state index contributed by atoms with van der Waals surface area (Å²) in [5.74, 6) is -1.50. The lowest BCUT2D eigenvalue weighted by Gasteiger charge is -2.21. The smallest absolute Gasteiger partial charge is 0.462 e. The maximum Gasteiger partial charge on any atom is 0.472 e. The maximum absolute atomic E-state index is 13.1. The van der Waals surface area contributed by atoms with Gasteiger partial charge in [-0.2, -0.15) is 0 Å². The average molecular weight is 1370 g/mol. The molecule has 2 unspecified atom stereocenters. The van der Waals surface area contributed by atoms with Gasteiger partial charge in [0.05, 0.1) is 26.4 Å². The standard InChI is InChI=1S/C75H138O17P2/c1-6-9-12-15-18-21-24-27-30-33-36-39-42-48-53-58-72(77)85-64-70(91-74(79)60-55-50-43-40-37-34-31-28-25-22-19-16-13-10-7-2)66-89-93(81,82)87-62-69(76)63-88-94(83,84)90-67-71(65-86-73(78)59-54-49-46-45-47-52-57-68(4)5)92-75(80)61-56-51-44-41-38-35-32-29-26-23-20-17-14-11-8-3/h21-22,24-25,27-28,30-31,68-71,76H,6-20,23,26,29,32-67H2,1-5H3,(H,81,82)(H,83,84)/b24-21-,25-22-,30-27-,31-28-/t69-,70-,71-/m1/s1. The Morgan fingerprint density at radius 3 is 0.872 bits per heavy atom. The first kappa shape index (κ1) is 91.0. The van der Waals surface area contributed by atoms with Crippen molar-refractivity contribution in [2.24, 2.45) is 5.92 Å². The summed E-state index contributed by atoms with van der Waals surface area (Å²) in [6, 6.07) is 0. The van der Waals surface area contributed by atoms with Gasteiger partial charge in [-0.25, -0.2) is 9.13 Å². The Morgan fingerprint density at radius 1 is 0.330 bits per heavy atom. The molecule has 0 aliphatic heterocycles. The van der Waals surface area contributed by atoms with Crippen molar-refractivity contribution >= 4 is 39.5 Å². The highest BCUT2D eigenvalue weighted by Gasteiger charge is 2.30. The third kappa shape index (κ3) is 67.6. The molecule has 0 heterocycles. The molecular weight excluding hydrogens is 1230 g/mol. The van der Waals surface area contributed by atoms with Gasteiger partial charge in [0.1, 0.15) is 19.3 Å². The van der Waals surface area contributed by atoms with Crippen LogP contribution in [-0.4, -0.2) is 96.7 Å². The minimum absolute atomic E-state index is 0.0782. The van der Waals surface area contributed by atoms with E-state index in [9.17, 15) is 43.2 Å². The van der Waals surface area contributed by atoms with Gasteiger partial charge in [0.25, 0.3) is 0 Å². The van der Waals surface area contributed by atoms with Crippen molar-refractivity contribution in [2.45, 2.75) is 361 Å². The first-order valence-corrected chi connectivity index (χ1v) is 40.8. The molecule has 0 rings (SSSR count). The van der Waals surface area contributed by atoms with Crippen LogP contribution in [0.25, 0.3) is 0 Å². The molecule has 19 heteroatoms. The van der Waals surface area contributed by atoms with Crippen molar-refractivity contribution in [1.82, 2.24) is 0 Å². The van der Waals surface area contributed by atoms with Gasteiger partial charge in [-0.05, 0) is 83.0 Å². The van der Waals surface area contributed by atoms with Crippen molar-refractivity contribution < 1.29 is 80.2 Å². The molecule has 0 aliphatic rings. The molecule has 0 fully saturated rings. The van der Waals surface area contributed by atoms with Crippen LogP contribution in [0.5, 0.6) is 0 Å². The van der Waals surface area contributed by atoms with Crippen LogP contribution in [-0.2, 0) is 65.4 Å². The van der Waals surface area contributed by atoms with E-state index in [-0.39, 0.29) is 25.7 Å². The van der Waals surface area contributed by atoms with E-state index in [4.69, 9.17) is 37.0 Å². The number of esters is 4. The second-order valence-corrected chi connectivity index (χ2v) is 29.0. The maximum atomic E-state index is 13.1. The number of phosphoric acid groups is 2. The Kier molecular flexibility index (Phi) is 65.1. The van der Waals surface area contributed by atoms with Crippen LogP contribution >= 0.6 is 15.6 Å².